The maximum atomic E-state index is 11.9. The van der Waals surface area contributed by atoms with Crippen LogP contribution >= 0.6 is 0 Å². The maximum absolute atomic E-state index is 11.9. The minimum atomic E-state index is -0.816. The summed E-state index contributed by atoms with van der Waals surface area (Å²) < 4.78 is 10.2. The summed E-state index contributed by atoms with van der Waals surface area (Å²) in [5.41, 5.74) is 11.7. The normalized spacial score (nSPS) is 12.4. The Balaban J connectivity index is 1.87. The molecule has 0 fully saturated rings. The first kappa shape index (κ1) is 23.9. The molecule has 0 heterocycles. The van der Waals surface area contributed by atoms with Crippen molar-refractivity contribution in [2.24, 2.45) is 11.5 Å². The second-order valence-corrected chi connectivity index (χ2v) is 6.54. The summed E-state index contributed by atoms with van der Waals surface area (Å²) in [7, 11) is 0. The van der Waals surface area contributed by atoms with Gasteiger partial charge >= 0.3 is 24.0 Å². The van der Waals surface area contributed by atoms with Gasteiger partial charge in [-0.15, -0.1) is 0 Å². The van der Waals surface area contributed by atoms with Crippen molar-refractivity contribution in [3.05, 3.63) is 83.9 Å². The summed E-state index contributed by atoms with van der Waals surface area (Å²) >= 11 is 0. The van der Waals surface area contributed by atoms with Crippen LogP contribution in [-0.2, 0) is 19.1 Å². The van der Waals surface area contributed by atoms with Gasteiger partial charge in [0.25, 0.3) is 0 Å². The molecular formula is C22H24N4O6. The zero-order valence-corrected chi connectivity index (χ0v) is 17.1. The summed E-state index contributed by atoms with van der Waals surface area (Å²) in [6, 6.07) is 14.8. The van der Waals surface area contributed by atoms with E-state index in [1.807, 2.05) is 0 Å². The molecule has 0 aliphatic heterocycles. The van der Waals surface area contributed by atoms with Crippen LogP contribution in [0.3, 0.4) is 0 Å². The first-order valence-corrected chi connectivity index (χ1v) is 9.58. The van der Waals surface area contributed by atoms with Crippen molar-refractivity contribution in [3.63, 3.8) is 0 Å². The lowest BCUT2D eigenvalue weighted by atomic mass is 10.1. The number of benzene rings is 2. The van der Waals surface area contributed by atoms with Crippen molar-refractivity contribution in [2.75, 3.05) is 13.2 Å². The fourth-order valence-corrected chi connectivity index (χ4v) is 2.72. The molecule has 2 aromatic carbocycles. The molecule has 10 heteroatoms. The quantitative estimate of drug-likeness (QED) is 0.323. The summed E-state index contributed by atoms with van der Waals surface area (Å²) in [6.07, 6.45) is 1.79. The third kappa shape index (κ3) is 8.57. The number of nitrogens with one attached hydrogen (secondary N) is 2. The van der Waals surface area contributed by atoms with E-state index in [9.17, 15) is 19.2 Å². The second kappa shape index (κ2) is 12.4. The lowest BCUT2D eigenvalue weighted by molar-refractivity contribution is -0.141. The lowest BCUT2D eigenvalue weighted by Crippen LogP contribution is -2.36. The minimum Gasteiger partial charge on any atom is -0.460 e. The number of hydrogen-bond acceptors (Lipinski definition) is 6. The first-order chi connectivity index (χ1) is 15.3. The van der Waals surface area contributed by atoms with E-state index in [1.165, 1.54) is 0 Å². The number of carbonyl (C=O) groups excluding carboxylic acids is 4. The van der Waals surface area contributed by atoms with E-state index in [0.717, 1.165) is 12.2 Å². The third-order valence-electron chi connectivity index (χ3n) is 4.18. The molecule has 0 aliphatic rings. The average molecular weight is 440 g/mol. The van der Waals surface area contributed by atoms with E-state index in [-0.39, 0.29) is 13.2 Å². The molecule has 0 aromatic heterocycles. The summed E-state index contributed by atoms with van der Waals surface area (Å²) in [5, 5.41) is 4.96. The molecule has 2 aromatic rings. The van der Waals surface area contributed by atoms with E-state index in [4.69, 9.17) is 20.9 Å². The van der Waals surface area contributed by atoms with Crippen LogP contribution in [0.2, 0.25) is 0 Å². The molecule has 0 spiro atoms. The van der Waals surface area contributed by atoms with Crippen molar-refractivity contribution < 1.29 is 28.7 Å². The molecule has 2 atom stereocenters. The van der Waals surface area contributed by atoms with E-state index in [2.05, 4.69) is 10.6 Å². The Morgan fingerprint density at radius 2 is 1.03 bits per heavy atom. The number of ether oxygens (including phenoxy) is 2. The molecule has 6 N–H and O–H groups in total. The summed E-state index contributed by atoms with van der Waals surface area (Å²) in [4.78, 5) is 46.3. The van der Waals surface area contributed by atoms with Crippen molar-refractivity contribution >= 4 is 24.0 Å². The van der Waals surface area contributed by atoms with E-state index >= 15 is 0 Å². The largest absolute Gasteiger partial charge is 0.460 e. The number of nitrogens with two attached hydrogens (primary N) is 2. The number of rotatable bonds is 10. The highest BCUT2D eigenvalue weighted by molar-refractivity contribution is 5.91. The molecule has 0 saturated heterocycles. The van der Waals surface area contributed by atoms with Gasteiger partial charge in [0.2, 0.25) is 0 Å². The summed E-state index contributed by atoms with van der Waals surface area (Å²) in [6.45, 7) is -0.381. The maximum Gasteiger partial charge on any atom is 0.331 e. The predicted octanol–water partition coefficient (Wildman–Crippen LogP) is 1.45. The van der Waals surface area contributed by atoms with E-state index in [1.54, 1.807) is 60.7 Å². The molecule has 32 heavy (non-hydrogen) atoms. The molecule has 0 aliphatic carbocycles. The van der Waals surface area contributed by atoms with Gasteiger partial charge in [-0.25, -0.2) is 19.2 Å². The van der Waals surface area contributed by atoms with Gasteiger partial charge < -0.3 is 31.6 Å². The highest BCUT2D eigenvalue weighted by Gasteiger charge is 2.16. The van der Waals surface area contributed by atoms with Crippen molar-refractivity contribution in [1.29, 1.82) is 0 Å². The van der Waals surface area contributed by atoms with Crippen LogP contribution in [0.4, 0.5) is 9.59 Å². The molecule has 10 nitrogen and oxygen atoms in total. The molecule has 168 valence electrons. The van der Waals surface area contributed by atoms with Gasteiger partial charge in [-0.1, -0.05) is 60.7 Å². The SMILES string of the molecule is NC(=O)N[C@@H](COC(=O)/C=C/C(=O)OC[C@H](NC(N)=O)c1ccccc1)c1ccccc1. The zero-order chi connectivity index (χ0) is 23.3. The van der Waals surface area contributed by atoms with Crippen LogP contribution in [-0.4, -0.2) is 37.2 Å². The van der Waals surface area contributed by atoms with Gasteiger partial charge in [-0.3, -0.25) is 0 Å². The Morgan fingerprint density at radius 1 is 0.688 bits per heavy atom. The monoisotopic (exact) mass is 440 g/mol. The van der Waals surface area contributed by atoms with Crippen LogP contribution in [0.25, 0.3) is 0 Å². The van der Waals surface area contributed by atoms with Gasteiger partial charge in [0.05, 0.1) is 12.1 Å². The van der Waals surface area contributed by atoms with Gasteiger partial charge in [0.15, 0.2) is 0 Å². The lowest BCUT2D eigenvalue weighted by Gasteiger charge is -2.17. The van der Waals surface area contributed by atoms with Crippen LogP contribution in [0.5, 0.6) is 0 Å². The zero-order valence-electron chi connectivity index (χ0n) is 17.1. The molecule has 0 unspecified atom stereocenters. The highest BCUT2D eigenvalue weighted by Crippen LogP contribution is 2.14. The van der Waals surface area contributed by atoms with Crippen LogP contribution in [0.1, 0.15) is 23.2 Å². The smallest absolute Gasteiger partial charge is 0.331 e. The molecular weight excluding hydrogens is 416 g/mol. The standard InChI is InChI=1S/C22H24N4O6/c23-21(29)25-17(15-7-3-1-4-8-15)13-31-19(27)11-12-20(28)32-14-18(26-22(24)30)16-9-5-2-6-10-16/h1-12,17-18H,13-14H2,(H3,23,25,29)(H3,24,26,30)/b12-11+/t17-,18-/m0/s1. The average Bonchev–Trinajstić information content (AvgIpc) is 2.78. The predicted molar refractivity (Wildman–Crippen MR) is 115 cm³/mol. The fourth-order valence-electron chi connectivity index (χ4n) is 2.72. The highest BCUT2D eigenvalue weighted by atomic mass is 16.5. The summed E-state index contributed by atoms with van der Waals surface area (Å²) in [5.74, 6) is -1.63. The van der Waals surface area contributed by atoms with Crippen molar-refractivity contribution in [3.8, 4) is 0 Å². The Kier molecular flexibility index (Phi) is 9.26. The number of hydrogen-bond donors (Lipinski definition) is 4. The Hall–Kier alpha value is -4.34. The topological polar surface area (TPSA) is 163 Å². The number of urea groups is 2. The van der Waals surface area contributed by atoms with Gasteiger partial charge in [0, 0.05) is 12.2 Å². The molecule has 4 amide bonds. The van der Waals surface area contributed by atoms with Crippen molar-refractivity contribution in [2.45, 2.75) is 12.1 Å². The Labute approximate surface area is 184 Å². The minimum absolute atomic E-state index is 0.191. The third-order valence-corrected chi connectivity index (χ3v) is 4.18. The van der Waals surface area contributed by atoms with Crippen LogP contribution in [0, 0.1) is 0 Å². The number of esters is 2. The van der Waals surface area contributed by atoms with Crippen LogP contribution < -0.4 is 22.1 Å². The van der Waals surface area contributed by atoms with Gasteiger partial charge in [-0.05, 0) is 11.1 Å². The number of amides is 4. The van der Waals surface area contributed by atoms with Crippen LogP contribution in [0.15, 0.2) is 72.8 Å². The molecule has 0 bridgehead atoms. The molecule has 0 radical (unpaired) electrons. The van der Waals surface area contributed by atoms with E-state index in [0.29, 0.717) is 11.1 Å². The molecule has 0 saturated carbocycles. The van der Waals surface area contributed by atoms with Crippen molar-refractivity contribution in [1.82, 2.24) is 10.6 Å². The van der Waals surface area contributed by atoms with Gasteiger partial charge in [-0.2, -0.15) is 0 Å². The Morgan fingerprint density at radius 3 is 1.34 bits per heavy atom. The Bertz CT molecular complexity index is 872. The first-order valence-electron chi connectivity index (χ1n) is 9.58. The van der Waals surface area contributed by atoms with E-state index < -0.39 is 36.1 Å². The van der Waals surface area contributed by atoms with Gasteiger partial charge in [0.1, 0.15) is 13.2 Å². The number of primary amides is 2. The molecule has 2 rings (SSSR count). The second-order valence-electron chi connectivity index (χ2n) is 6.54. The number of carbonyl (C=O) groups is 4. The fraction of sp³-hybridized carbons (Fsp3) is 0.182.